The molecular weight excluding hydrogens is 390 g/mol. The van der Waals surface area contributed by atoms with Crippen LogP contribution >= 0.6 is 0 Å². The number of carbonyl (C=O) groups excluding carboxylic acids is 5. The minimum atomic E-state index is -0.985. The van der Waals surface area contributed by atoms with Gasteiger partial charge in [-0.15, -0.1) is 0 Å². The first-order chi connectivity index (χ1) is 14.2. The molecule has 160 valence electrons. The summed E-state index contributed by atoms with van der Waals surface area (Å²) in [6.45, 7) is 1.84. The van der Waals surface area contributed by atoms with Gasteiger partial charge in [-0.1, -0.05) is 30.3 Å². The molecule has 1 saturated heterocycles. The van der Waals surface area contributed by atoms with Crippen molar-refractivity contribution in [2.75, 3.05) is 13.2 Å². The predicted octanol–water partition coefficient (Wildman–Crippen LogP) is 0.567. The fourth-order valence-electron chi connectivity index (χ4n) is 3.50. The number of hydrogen-bond acceptors (Lipinski definition) is 6. The molecule has 1 saturated carbocycles. The number of nitrogens with one attached hydrogen (secondary N) is 2. The molecule has 9 heteroatoms. The first-order valence-corrected chi connectivity index (χ1v) is 9.84. The van der Waals surface area contributed by atoms with E-state index in [1.807, 2.05) is 30.3 Å². The molecule has 1 aliphatic heterocycles. The van der Waals surface area contributed by atoms with Gasteiger partial charge < -0.3 is 15.4 Å². The molecule has 2 atom stereocenters. The van der Waals surface area contributed by atoms with E-state index in [2.05, 4.69) is 10.6 Å². The van der Waals surface area contributed by atoms with Gasteiger partial charge in [-0.25, -0.2) is 4.79 Å². The lowest BCUT2D eigenvalue weighted by molar-refractivity contribution is -0.151. The standard InChI is InChI=1S/C21H25N3O6/c1-13(25)16(10-14-6-4-3-5-7-14)22-17(26)12-30-18(27)11-24-19(28)21(2,15-8-9-15)23-20(24)29/h3-7,15-16H,8-12H2,1-2H3,(H,22,26)(H,23,29)/t16-,21-/m0/s1. The minimum Gasteiger partial charge on any atom is -0.454 e. The molecule has 0 unspecified atom stereocenters. The lowest BCUT2D eigenvalue weighted by Crippen LogP contribution is -2.46. The van der Waals surface area contributed by atoms with Crippen molar-refractivity contribution < 1.29 is 28.7 Å². The van der Waals surface area contributed by atoms with Crippen LogP contribution in [-0.2, 0) is 30.3 Å². The number of benzene rings is 1. The highest BCUT2D eigenvalue weighted by Gasteiger charge is 2.56. The van der Waals surface area contributed by atoms with E-state index in [9.17, 15) is 24.0 Å². The van der Waals surface area contributed by atoms with E-state index in [4.69, 9.17) is 4.74 Å². The average Bonchev–Trinajstić information content (AvgIpc) is 3.53. The summed E-state index contributed by atoms with van der Waals surface area (Å²) in [5.74, 6) is -2.13. The van der Waals surface area contributed by atoms with Gasteiger partial charge in [0.1, 0.15) is 12.1 Å². The smallest absolute Gasteiger partial charge is 0.326 e. The maximum absolute atomic E-state index is 12.5. The summed E-state index contributed by atoms with van der Waals surface area (Å²) in [7, 11) is 0. The van der Waals surface area contributed by atoms with Crippen LogP contribution < -0.4 is 10.6 Å². The third-order valence-corrected chi connectivity index (χ3v) is 5.46. The number of Topliss-reactive ketones (excluding diaryl/α,β-unsaturated/α-hetero) is 1. The minimum absolute atomic E-state index is 0.0777. The van der Waals surface area contributed by atoms with E-state index in [0.29, 0.717) is 6.42 Å². The van der Waals surface area contributed by atoms with Crippen LogP contribution in [0.2, 0.25) is 0 Å². The SMILES string of the molecule is CC(=O)[C@H](Cc1ccccc1)NC(=O)COC(=O)CN1C(=O)N[C@@](C)(C2CC2)C1=O. The van der Waals surface area contributed by atoms with Crippen molar-refractivity contribution in [3.63, 3.8) is 0 Å². The van der Waals surface area contributed by atoms with Crippen LogP contribution in [0.1, 0.15) is 32.3 Å². The van der Waals surface area contributed by atoms with E-state index in [0.717, 1.165) is 23.3 Å². The van der Waals surface area contributed by atoms with Crippen LogP contribution in [0.3, 0.4) is 0 Å². The summed E-state index contributed by atoms with van der Waals surface area (Å²) in [5.41, 5.74) is -0.104. The molecule has 3 rings (SSSR count). The van der Waals surface area contributed by atoms with Crippen LogP contribution in [0.15, 0.2) is 30.3 Å². The molecule has 30 heavy (non-hydrogen) atoms. The number of esters is 1. The Morgan fingerprint density at radius 1 is 1.23 bits per heavy atom. The van der Waals surface area contributed by atoms with Crippen LogP contribution in [0.5, 0.6) is 0 Å². The van der Waals surface area contributed by atoms with Crippen LogP contribution in [0.25, 0.3) is 0 Å². The zero-order valence-electron chi connectivity index (χ0n) is 17.0. The summed E-state index contributed by atoms with van der Waals surface area (Å²) >= 11 is 0. The second-order valence-corrected chi connectivity index (χ2v) is 7.88. The van der Waals surface area contributed by atoms with E-state index < -0.39 is 48.5 Å². The fourth-order valence-corrected chi connectivity index (χ4v) is 3.50. The molecule has 1 aromatic carbocycles. The predicted molar refractivity (Wildman–Crippen MR) is 105 cm³/mol. The Kier molecular flexibility index (Phi) is 6.19. The Morgan fingerprint density at radius 2 is 1.90 bits per heavy atom. The third kappa shape index (κ3) is 4.84. The van der Waals surface area contributed by atoms with Gasteiger partial charge in [-0.2, -0.15) is 0 Å². The highest BCUT2D eigenvalue weighted by atomic mass is 16.5. The number of ether oxygens (including phenoxy) is 1. The number of carbonyl (C=O) groups is 5. The molecule has 0 radical (unpaired) electrons. The van der Waals surface area contributed by atoms with Gasteiger partial charge in [0, 0.05) is 0 Å². The molecule has 2 aliphatic rings. The highest BCUT2D eigenvalue weighted by molar-refractivity contribution is 6.08. The maximum Gasteiger partial charge on any atom is 0.326 e. The van der Waals surface area contributed by atoms with Crippen molar-refractivity contribution >= 4 is 29.6 Å². The molecule has 1 aromatic rings. The van der Waals surface area contributed by atoms with Crippen molar-refractivity contribution in [2.24, 2.45) is 5.92 Å². The lowest BCUT2D eigenvalue weighted by Gasteiger charge is -2.20. The van der Waals surface area contributed by atoms with E-state index in [-0.39, 0.29) is 11.7 Å². The molecule has 1 aliphatic carbocycles. The van der Waals surface area contributed by atoms with Crippen molar-refractivity contribution in [1.29, 1.82) is 0 Å². The van der Waals surface area contributed by atoms with Crippen molar-refractivity contribution in [1.82, 2.24) is 15.5 Å². The number of rotatable bonds is 9. The second kappa shape index (κ2) is 8.64. The lowest BCUT2D eigenvalue weighted by atomic mass is 9.96. The summed E-state index contributed by atoms with van der Waals surface area (Å²) in [6.07, 6.45) is 2.01. The molecule has 0 spiro atoms. The Hall–Kier alpha value is -3.23. The van der Waals surface area contributed by atoms with Crippen LogP contribution in [0.4, 0.5) is 4.79 Å². The zero-order valence-corrected chi connectivity index (χ0v) is 17.0. The van der Waals surface area contributed by atoms with Gasteiger partial charge in [-0.3, -0.25) is 24.1 Å². The molecule has 1 heterocycles. The van der Waals surface area contributed by atoms with Gasteiger partial charge in [-0.05, 0) is 44.6 Å². The monoisotopic (exact) mass is 415 g/mol. The number of amides is 4. The fraction of sp³-hybridized carbons (Fsp3) is 0.476. The molecule has 0 bridgehead atoms. The molecule has 9 nitrogen and oxygen atoms in total. The Labute approximate surface area is 174 Å². The van der Waals surface area contributed by atoms with Gasteiger partial charge in [0.25, 0.3) is 11.8 Å². The highest BCUT2D eigenvalue weighted by Crippen LogP contribution is 2.42. The van der Waals surface area contributed by atoms with E-state index in [1.165, 1.54) is 6.92 Å². The molecule has 2 N–H and O–H groups in total. The number of imide groups is 1. The summed E-state index contributed by atoms with van der Waals surface area (Å²) in [5, 5.41) is 5.18. The second-order valence-electron chi connectivity index (χ2n) is 7.88. The number of urea groups is 1. The summed E-state index contributed by atoms with van der Waals surface area (Å²) in [4.78, 5) is 61.4. The van der Waals surface area contributed by atoms with Crippen LogP contribution in [0, 0.1) is 5.92 Å². The first-order valence-electron chi connectivity index (χ1n) is 9.84. The van der Waals surface area contributed by atoms with Crippen molar-refractivity contribution in [2.45, 2.75) is 44.7 Å². The number of nitrogens with zero attached hydrogens (tertiary/aromatic N) is 1. The zero-order chi connectivity index (χ0) is 21.9. The summed E-state index contributed by atoms with van der Waals surface area (Å²) < 4.78 is 4.90. The molecule has 2 fully saturated rings. The average molecular weight is 415 g/mol. The normalized spacial score (nSPS) is 21.7. The Morgan fingerprint density at radius 3 is 2.50 bits per heavy atom. The Balaban J connectivity index is 1.48. The largest absolute Gasteiger partial charge is 0.454 e. The van der Waals surface area contributed by atoms with Gasteiger partial charge in [0.05, 0.1) is 6.04 Å². The maximum atomic E-state index is 12.5. The molecule has 0 aromatic heterocycles. The van der Waals surface area contributed by atoms with E-state index in [1.54, 1.807) is 6.92 Å². The third-order valence-electron chi connectivity index (χ3n) is 5.46. The number of hydrogen-bond donors (Lipinski definition) is 2. The van der Waals surface area contributed by atoms with Crippen molar-refractivity contribution in [3.8, 4) is 0 Å². The first kappa shape index (κ1) is 21.5. The van der Waals surface area contributed by atoms with Crippen LogP contribution in [-0.4, -0.2) is 59.2 Å². The topological polar surface area (TPSA) is 122 Å². The van der Waals surface area contributed by atoms with Gasteiger partial charge >= 0.3 is 12.0 Å². The Bertz CT molecular complexity index is 867. The van der Waals surface area contributed by atoms with Gasteiger partial charge in [0.2, 0.25) is 0 Å². The quantitative estimate of drug-likeness (QED) is 0.449. The summed E-state index contributed by atoms with van der Waals surface area (Å²) in [6, 6.07) is 7.81. The van der Waals surface area contributed by atoms with E-state index >= 15 is 0 Å². The number of ketones is 1. The van der Waals surface area contributed by atoms with Crippen molar-refractivity contribution in [3.05, 3.63) is 35.9 Å². The van der Waals surface area contributed by atoms with Gasteiger partial charge in [0.15, 0.2) is 12.4 Å². The molecule has 4 amide bonds. The molecular formula is C21H25N3O6.